The van der Waals surface area contributed by atoms with E-state index in [-0.39, 0.29) is 5.82 Å². The number of benzene rings is 1. The van der Waals surface area contributed by atoms with Crippen molar-refractivity contribution in [3.8, 4) is 0 Å². The molecule has 1 aromatic carbocycles. The molecule has 0 saturated heterocycles. The van der Waals surface area contributed by atoms with Crippen LogP contribution in [0.1, 0.15) is 24.3 Å². The third-order valence-electron chi connectivity index (χ3n) is 2.03. The summed E-state index contributed by atoms with van der Waals surface area (Å²) in [6, 6.07) is 2.92. The molecule has 0 aliphatic heterocycles. The minimum absolute atomic E-state index is 0.269. The molecule has 1 aliphatic carbocycles. The summed E-state index contributed by atoms with van der Waals surface area (Å²) < 4.78 is 13.2. The number of hydrogen-bond acceptors (Lipinski definition) is 0. The predicted molar refractivity (Wildman–Crippen MR) is 48.4 cm³/mol. The first-order valence-electron chi connectivity index (χ1n) is 3.83. The van der Waals surface area contributed by atoms with Crippen molar-refractivity contribution in [3.05, 3.63) is 33.6 Å². The molecule has 1 aromatic rings. The Morgan fingerprint density at radius 2 is 1.92 bits per heavy atom. The highest BCUT2D eigenvalue weighted by Crippen LogP contribution is 2.45. The summed E-state index contributed by atoms with van der Waals surface area (Å²) in [5.41, 5.74) is 0.640. The highest BCUT2D eigenvalue weighted by molar-refractivity contribution is 6.35. The van der Waals surface area contributed by atoms with E-state index >= 15 is 0 Å². The summed E-state index contributed by atoms with van der Waals surface area (Å²) in [5.74, 6) is 0.0600. The number of halogens is 3. The molecule has 0 nitrogen and oxygen atoms in total. The lowest BCUT2D eigenvalue weighted by atomic mass is 10.1. The first kappa shape index (κ1) is 8.33. The molecule has 12 heavy (non-hydrogen) atoms. The molecule has 3 heteroatoms. The molecule has 0 amide bonds. The fourth-order valence-corrected chi connectivity index (χ4v) is 1.94. The largest absolute Gasteiger partial charge is 0.207 e. The standard InChI is InChI=1S/C9H7Cl2F/c10-6-3-7(11)9(5-1-2-5)8(12)4-6/h3-5H,1-2H2. The van der Waals surface area contributed by atoms with Crippen LogP contribution in [0.15, 0.2) is 12.1 Å². The molecule has 0 N–H and O–H groups in total. The van der Waals surface area contributed by atoms with Crippen molar-refractivity contribution in [1.29, 1.82) is 0 Å². The van der Waals surface area contributed by atoms with E-state index in [0.29, 0.717) is 21.5 Å². The normalized spacial score (nSPS) is 16.6. The predicted octanol–water partition coefficient (Wildman–Crippen LogP) is 4.01. The molecular formula is C9H7Cl2F. The number of rotatable bonds is 1. The summed E-state index contributed by atoms with van der Waals surface area (Å²) in [6.07, 6.45) is 2.08. The van der Waals surface area contributed by atoms with E-state index in [0.717, 1.165) is 12.8 Å². The Morgan fingerprint density at radius 1 is 1.25 bits per heavy atom. The van der Waals surface area contributed by atoms with E-state index < -0.39 is 0 Å². The third kappa shape index (κ3) is 1.44. The van der Waals surface area contributed by atoms with E-state index in [1.54, 1.807) is 6.07 Å². The van der Waals surface area contributed by atoms with Gasteiger partial charge in [-0.1, -0.05) is 23.2 Å². The second kappa shape index (κ2) is 2.90. The lowest BCUT2D eigenvalue weighted by Crippen LogP contribution is -1.88. The Morgan fingerprint density at radius 3 is 2.42 bits per heavy atom. The molecule has 0 spiro atoms. The molecule has 0 radical (unpaired) electrons. The molecule has 1 aliphatic rings. The van der Waals surface area contributed by atoms with Crippen molar-refractivity contribution in [2.24, 2.45) is 0 Å². The van der Waals surface area contributed by atoms with Crippen LogP contribution in [0, 0.1) is 5.82 Å². The van der Waals surface area contributed by atoms with Crippen LogP contribution >= 0.6 is 23.2 Å². The minimum atomic E-state index is -0.269. The van der Waals surface area contributed by atoms with Crippen molar-refractivity contribution in [2.45, 2.75) is 18.8 Å². The summed E-state index contributed by atoms with van der Waals surface area (Å²) in [4.78, 5) is 0. The van der Waals surface area contributed by atoms with Gasteiger partial charge < -0.3 is 0 Å². The lowest BCUT2D eigenvalue weighted by Gasteiger charge is -2.03. The van der Waals surface area contributed by atoms with Gasteiger partial charge in [0.15, 0.2) is 0 Å². The molecule has 0 heterocycles. The Balaban J connectivity index is 2.51. The first-order chi connectivity index (χ1) is 5.68. The molecule has 1 fully saturated rings. The maximum Gasteiger partial charge on any atom is 0.129 e. The zero-order chi connectivity index (χ0) is 8.72. The van der Waals surface area contributed by atoms with E-state index in [9.17, 15) is 4.39 Å². The van der Waals surface area contributed by atoms with Crippen molar-refractivity contribution < 1.29 is 4.39 Å². The van der Waals surface area contributed by atoms with Crippen LogP contribution in [0.3, 0.4) is 0 Å². The van der Waals surface area contributed by atoms with Gasteiger partial charge in [-0.3, -0.25) is 0 Å². The molecule has 0 bridgehead atoms. The molecule has 64 valence electrons. The Hall–Kier alpha value is -0.270. The summed E-state index contributed by atoms with van der Waals surface area (Å²) in [6.45, 7) is 0. The number of hydrogen-bond donors (Lipinski definition) is 0. The van der Waals surface area contributed by atoms with Gasteiger partial charge in [0.1, 0.15) is 5.82 Å². The summed E-state index contributed by atoms with van der Waals surface area (Å²) >= 11 is 11.5. The fourth-order valence-electron chi connectivity index (χ4n) is 1.32. The van der Waals surface area contributed by atoms with Crippen molar-refractivity contribution in [3.63, 3.8) is 0 Å². The Kier molecular flexibility index (Phi) is 2.01. The Labute approximate surface area is 80.3 Å². The second-order valence-electron chi connectivity index (χ2n) is 3.06. The van der Waals surface area contributed by atoms with Gasteiger partial charge in [-0.2, -0.15) is 0 Å². The lowest BCUT2D eigenvalue weighted by molar-refractivity contribution is 0.611. The molecule has 0 unspecified atom stereocenters. The van der Waals surface area contributed by atoms with Crippen LogP contribution < -0.4 is 0 Å². The molecule has 1 saturated carbocycles. The highest BCUT2D eigenvalue weighted by atomic mass is 35.5. The van der Waals surface area contributed by atoms with E-state index in [2.05, 4.69) is 0 Å². The molecule has 0 aromatic heterocycles. The van der Waals surface area contributed by atoms with Crippen molar-refractivity contribution >= 4 is 23.2 Å². The first-order valence-corrected chi connectivity index (χ1v) is 4.58. The molecule has 0 atom stereocenters. The van der Waals surface area contributed by atoms with Crippen LogP contribution in [-0.4, -0.2) is 0 Å². The van der Waals surface area contributed by atoms with Gasteiger partial charge in [0.25, 0.3) is 0 Å². The van der Waals surface area contributed by atoms with Crippen molar-refractivity contribution in [2.75, 3.05) is 0 Å². The fraction of sp³-hybridized carbons (Fsp3) is 0.333. The topological polar surface area (TPSA) is 0 Å². The van der Waals surface area contributed by atoms with Gasteiger partial charge in [-0.05, 0) is 30.9 Å². The van der Waals surface area contributed by atoms with E-state index in [1.165, 1.54) is 6.07 Å². The highest BCUT2D eigenvalue weighted by Gasteiger charge is 2.28. The van der Waals surface area contributed by atoms with Crippen molar-refractivity contribution in [1.82, 2.24) is 0 Å². The third-order valence-corrected chi connectivity index (χ3v) is 2.56. The maximum absolute atomic E-state index is 13.2. The average Bonchev–Trinajstić information content (AvgIpc) is 2.68. The SMILES string of the molecule is Fc1cc(Cl)cc(Cl)c1C1CC1. The molecular weight excluding hydrogens is 198 g/mol. The van der Waals surface area contributed by atoms with E-state index in [1.807, 2.05) is 0 Å². The van der Waals surface area contributed by atoms with Crippen LogP contribution in [0.2, 0.25) is 10.0 Å². The van der Waals surface area contributed by atoms with Gasteiger partial charge >= 0.3 is 0 Å². The smallest absolute Gasteiger partial charge is 0.129 e. The summed E-state index contributed by atoms with van der Waals surface area (Å²) in [7, 11) is 0. The quantitative estimate of drug-likeness (QED) is 0.649. The van der Waals surface area contributed by atoms with Gasteiger partial charge in [-0.15, -0.1) is 0 Å². The van der Waals surface area contributed by atoms with Crippen LogP contribution in [0.25, 0.3) is 0 Å². The van der Waals surface area contributed by atoms with Crippen LogP contribution in [0.4, 0.5) is 4.39 Å². The average molecular weight is 205 g/mol. The van der Waals surface area contributed by atoms with Crippen LogP contribution in [0.5, 0.6) is 0 Å². The summed E-state index contributed by atoms with van der Waals surface area (Å²) in [5, 5.41) is 0.824. The zero-order valence-electron chi connectivity index (χ0n) is 6.28. The van der Waals surface area contributed by atoms with Gasteiger partial charge in [0, 0.05) is 15.6 Å². The second-order valence-corrected chi connectivity index (χ2v) is 3.90. The van der Waals surface area contributed by atoms with E-state index in [4.69, 9.17) is 23.2 Å². The molecule has 2 rings (SSSR count). The minimum Gasteiger partial charge on any atom is -0.207 e. The van der Waals surface area contributed by atoms with Gasteiger partial charge in [-0.25, -0.2) is 4.39 Å². The zero-order valence-corrected chi connectivity index (χ0v) is 7.79. The van der Waals surface area contributed by atoms with Crippen LogP contribution in [-0.2, 0) is 0 Å². The maximum atomic E-state index is 13.2. The monoisotopic (exact) mass is 204 g/mol. The Bertz CT molecular complexity index is 295. The van der Waals surface area contributed by atoms with Gasteiger partial charge in [0.2, 0.25) is 0 Å². The van der Waals surface area contributed by atoms with Gasteiger partial charge in [0.05, 0.1) is 0 Å².